The van der Waals surface area contributed by atoms with E-state index in [0.717, 1.165) is 17.8 Å². The van der Waals surface area contributed by atoms with Crippen molar-refractivity contribution >= 4 is 28.2 Å². The van der Waals surface area contributed by atoms with Gasteiger partial charge in [-0.3, -0.25) is 4.79 Å². The highest BCUT2D eigenvalue weighted by atomic mass is 19.1. The molecule has 29 heavy (non-hydrogen) atoms. The molecule has 152 valence electrons. The first kappa shape index (κ1) is 19.4. The standard InChI is InChI=1S/C22H24FN3O3/c1-14-5-6-19(23)18-12-20(25-21(14)18)22(28)24-15-3-2-4-16(11-15)26-8-10-29-13-17(26)7-9-27/h2-6,11-12,17,25,27H,7-10,13H2,1H3,(H,24,28). The SMILES string of the molecule is Cc1ccc(F)c2cc(C(=O)Nc3cccc(N4CCOCC4CCO)c3)[nH]c12. The van der Waals surface area contributed by atoms with E-state index in [1.54, 1.807) is 6.07 Å². The van der Waals surface area contributed by atoms with E-state index in [0.29, 0.717) is 41.9 Å². The molecular weight excluding hydrogens is 373 g/mol. The van der Waals surface area contributed by atoms with Crippen LogP contribution in [0, 0.1) is 12.7 Å². The fourth-order valence-electron chi connectivity index (χ4n) is 3.79. The number of aromatic nitrogens is 1. The van der Waals surface area contributed by atoms with Gasteiger partial charge in [0.05, 0.1) is 24.8 Å². The summed E-state index contributed by atoms with van der Waals surface area (Å²) in [6.07, 6.45) is 0.622. The van der Waals surface area contributed by atoms with Gasteiger partial charge in [-0.25, -0.2) is 4.39 Å². The minimum Gasteiger partial charge on any atom is -0.396 e. The Morgan fingerprint density at radius 2 is 2.21 bits per heavy atom. The van der Waals surface area contributed by atoms with Crippen LogP contribution in [0.5, 0.6) is 0 Å². The number of halogens is 1. The average Bonchev–Trinajstić information content (AvgIpc) is 3.19. The molecule has 1 aliphatic heterocycles. The van der Waals surface area contributed by atoms with Crippen LogP contribution >= 0.6 is 0 Å². The van der Waals surface area contributed by atoms with Gasteiger partial charge in [0.15, 0.2) is 0 Å². The molecule has 2 aromatic carbocycles. The number of nitrogens with zero attached hydrogens (tertiary/aromatic N) is 1. The van der Waals surface area contributed by atoms with Crippen LogP contribution < -0.4 is 10.2 Å². The number of carbonyl (C=O) groups excluding carboxylic acids is 1. The second-order valence-electron chi connectivity index (χ2n) is 7.27. The van der Waals surface area contributed by atoms with Crippen molar-refractivity contribution in [1.29, 1.82) is 0 Å². The van der Waals surface area contributed by atoms with Gasteiger partial charge in [-0.1, -0.05) is 12.1 Å². The molecule has 0 radical (unpaired) electrons. The number of ether oxygens (including phenoxy) is 1. The summed E-state index contributed by atoms with van der Waals surface area (Å²) in [7, 11) is 0. The molecule has 1 saturated heterocycles. The third-order valence-electron chi connectivity index (χ3n) is 5.32. The van der Waals surface area contributed by atoms with Gasteiger partial charge in [0.1, 0.15) is 11.5 Å². The lowest BCUT2D eigenvalue weighted by Crippen LogP contribution is -2.46. The molecule has 3 N–H and O–H groups in total. The average molecular weight is 397 g/mol. The van der Waals surface area contributed by atoms with Crippen LogP contribution in [0.1, 0.15) is 22.5 Å². The maximum absolute atomic E-state index is 14.0. The third kappa shape index (κ3) is 3.97. The van der Waals surface area contributed by atoms with Crippen molar-refractivity contribution in [2.75, 3.05) is 36.6 Å². The molecule has 0 saturated carbocycles. The second-order valence-corrected chi connectivity index (χ2v) is 7.27. The van der Waals surface area contributed by atoms with Crippen molar-refractivity contribution in [2.45, 2.75) is 19.4 Å². The van der Waals surface area contributed by atoms with E-state index < -0.39 is 0 Å². The highest BCUT2D eigenvalue weighted by molar-refractivity contribution is 6.06. The lowest BCUT2D eigenvalue weighted by Gasteiger charge is -2.37. The number of aromatic amines is 1. The highest BCUT2D eigenvalue weighted by Gasteiger charge is 2.23. The number of carbonyl (C=O) groups is 1. The fraction of sp³-hybridized carbons (Fsp3) is 0.318. The maximum atomic E-state index is 14.0. The van der Waals surface area contributed by atoms with E-state index in [-0.39, 0.29) is 24.4 Å². The number of nitrogens with one attached hydrogen (secondary N) is 2. The number of amides is 1. The van der Waals surface area contributed by atoms with Crippen LogP contribution in [0.3, 0.4) is 0 Å². The summed E-state index contributed by atoms with van der Waals surface area (Å²) in [5.41, 5.74) is 3.43. The first-order chi connectivity index (χ1) is 14.1. The van der Waals surface area contributed by atoms with E-state index >= 15 is 0 Å². The first-order valence-electron chi connectivity index (χ1n) is 9.71. The van der Waals surface area contributed by atoms with Crippen LogP contribution in [0.25, 0.3) is 10.9 Å². The lowest BCUT2D eigenvalue weighted by molar-refractivity contribution is 0.0850. The number of H-pyrrole nitrogens is 1. The predicted octanol–water partition coefficient (Wildman–Crippen LogP) is 3.46. The summed E-state index contributed by atoms with van der Waals surface area (Å²) in [5.74, 6) is -0.684. The second kappa shape index (κ2) is 8.23. The number of fused-ring (bicyclic) bond motifs is 1. The molecule has 1 aromatic heterocycles. The molecule has 0 spiro atoms. The van der Waals surface area contributed by atoms with Gasteiger partial charge in [-0.2, -0.15) is 0 Å². The van der Waals surface area contributed by atoms with Crippen molar-refractivity contribution in [1.82, 2.24) is 4.98 Å². The minimum absolute atomic E-state index is 0.0946. The number of rotatable bonds is 5. The number of aliphatic hydroxyl groups excluding tert-OH is 1. The van der Waals surface area contributed by atoms with Crippen LogP contribution in [0.2, 0.25) is 0 Å². The van der Waals surface area contributed by atoms with Gasteiger partial charge in [0, 0.05) is 29.9 Å². The van der Waals surface area contributed by atoms with E-state index in [1.807, 2.05) is 31.2 Å². The number of anilines is 2. The smallest absolute Gasteiger partial charge is 0.272 e. The van der Waals surface area contributed by atoms with Gasteiger partial charge < -0.3 is 25.0 Å². The highest BCUT2D eigenvalue weighted by Crippen LogP contribution is 2.26. The molecule has 1 atom stereocenters. The number of benzene rings is 2. The van der Waals surface area contributed by atoms with Crippen molar-refractivity contribution < 1.29 is 19.0 Å². The first-order valence-corrected chi connectivity index (χ1v) is 9.71. The molecule has 3 aromatic rings. The summed E-state index contributed by atoms with van der Waals surface area (Å²) in [6.45, 7) is 3.88. The van der Waals surface area contributed by atoms with E-state index in [9.17, 15) is 14.3 Å². The Bertz CT molecular complexity index is 992. The van der Waals surface area contributed by atoms with Crippen LogP contribution in [-0.4, -0.2) is 48.4 Å². The molecule has 0 bridgehead atoms. The largest absolute Gasteiger partial charge is 0.396 e. The zero-order valence-corrected chi connectivity index (χ0v) is 16.2. The molecule has 0 aliphatic carbocycles. The van der Waals surface area contributed by atoms with Crippen molar-refractivity contribution in [3.63, 3.8) is 0 Å². The minimum atomic E-state index is -0.356. The molecule has 6 nitrogen and oxygen atoms in total. The molecule has 7 heteroatoms. The quantitative estimate of drug-likeness (QED) is 0.616. The molecule has 4 rings (SSSR count). The Labute approximate surface area is 168 Å². The van der Waals surface area contributed by atoms with Crippen LogP contribution in [0.4, 0.5) is 15.8 Å². The molecule has 1 fully saturated rings. The van der Waals surface area contributed by atoms with Crippen LogP contribution in [-0.2, 0) is 4.74 Å². The number of morpholine rings is 1. The topological polar surface area (TPSA) is 77.6 Å². The number of aryl methyl sites for hydroxylation is 1. The van der Waals surface area contributed by atoms with Crippen LogP contribution in [0.15, 0.2) is 42.5 Å². The fourth-order valence-corrected chi connectivity index (χ4v) is 3.79. The molecule has 1 aliphatic rings. The molecule has 1 amide bonds. The monoisotopic (exact) mass is 397 g/mol. The Morgan fingerprint density at radius 3 is 3.00 bits per heavy atom. The van der Waals surface area contributed by atoms with Gasteiger partial charge >= 0.3 is 0 Å². The Hall–Kier alpha value is -2.90. The number of hydrogen-bond donors (Lipinski definition) is 3. The predicted molar refractivity (Wildman–Crippen MR) is 111 cm³/mol. The number of aliphatic hydroxyl groups is 1. The number of hydrogen-bond acceptors (Lipinski definition) is 4. The van der Waals surface area contributed by atoms with Crippen molar-refractivity contribution in [3.8, 4) is 0 Å². The summed E-state index contributed by atoms with van der Waals surface area (Å²) in [5, 5.41) is 12.6. The zero-order valence-electron chi connectivity index (χ0n) is 16.2. The summed E-state index contributed by atoms with van der Waals surface area (Å²) < 4.78 is 19.6. The van der Waals surface area contributed by atoms with Gasteiger partial charge in [-0.15, -0.1) is 0 Å². The van der Waals surface area contributed by atoms with E-state index in [4.69, 9.17) is 4.74 Å². The van der Waals surface area contributed by atoms with Gasteiger partial charge in [0.25, 0.3) is 5.91 Å². The molecular formula is C22H24FN3O3. The third-order valence-corrected chi connectivity index (χ3v) is 5.32. The summed E-state index contributed by atoms with van der Waals surface area (Å²) in [6, 6.07) is 12.3. The molecule has 1 unspecified atom stereocenters. The zero-order chi connectivity index (χ0) is 20.4. The van der Waals surface area contributed by atoms with Gasteiger partial charge in [-0.05, 0) is 49.2 Å². The lowest BCUT2D eigenvalue weighted by atomic mass is 10.1. The summed E-state index contributed by atoms with van der Waals surface area (Å²) >= 11 is 0. The van der Waals surface area contributed by atoms with Gasteiger partial charge in [0.2, 0.25) is 0 Å². The molecule has 2 heterocycles. The normalized spacial score (nSPS) is 16.9. The van der Waals surface area contributed by atoms with Crippen molar-refractivity contribution in [3.05, 3.63) is 59.5 Å². The van der Waals surface area contributed by atoms with E-state index in [2.05, 4.69) is 15.2 Å². The van der Waals surface area contributed by atoms with E-state index in [1.165, 1.54) is 12.1 Å². The Morgan fingerprint density at radius 1 is 1.34 bits per heavy atom. The maximum Gasteiger partial charge on any atom is 0.272 e. The van der Waals surface area contributed by atoms with Crippen molar-refractivity contribution in [2.24, 2.45) is 0 Å². The Balaban J connectivity index is 1.55. The Kier molecular flexibility index (Phi) is 5.51. The summed E-state index contributed by atoms with van der Waals surface area (Å²) in [4.78, 5) is 17.9.